The van der Waals surface area contributed by atoms with E-state index in [-0.39, 0.29) is 32.0 Å². The Bertz CT molecular complexity index is 1140. The van der Waals surface area contributed by atoms with Crippen LogP contribution in [0.1, 0.15) is 290 Å². The van der Waals surface area contributed by atoms with Gasteiger partial charge in [0, 0.05) is 12.8 Å². The van der Waals surface area contributed by atoms with Crippen LogP contribution in [0.5, 0.6) is 0 Å². The molecule has 0 N–H and O–H groups in total. The fourth-order valence-corrected chi connectivity index (χ4v) is 9.26. The van der Waals surface area contributed by atoms with Gasteiger partial charge in [-0.1, -0.05) is 251 Å². The molecule has 398 valence electrons. The number of ether oxygens (including phenoxy) is 2. The van der Waals surface area contributed by atoms with Crippen LogP contribution in [0.3, 0.4) is 0 Å². The van der Waals surface area contributed by atoms with E-state index < -0.39 is 26.5 Å². The first kappa shape index (κ1) is 65.8. The van der Waals surface area contributed by atoms with Crippen LogP contribution in [0.2, 0.25) is 0 Å². The monoisotopic (exact) mass is 970 g/mol. The predicted octanol–water partition coefficient (Wildman–Crippen LogP) is 17.0. The minimum absolute atomic E-state index is 0.0275. The normalized spacial score (nSPS) is 13.3. The number of hydrogen-bond acceptors (Lipinski definition) is 8. The summed E-state index contributed by atoms with van der Waals surface area (Å²) in [4.78, 5) is 37.8. The second-order valence-corrected chi connectivity index (χ2v) is 22.4. The average molecular weight is 970 g/mol. The number of rotatable bonds is 54. The van der Waals surface area contributed by atoms with E-state index in [4.69, 9.17) is 18.5 Å². The summed E-state index contributed by atoms with van der Waals surface area (Å²) < 4.78 is 34.2. The van der Waals surface area contributed by atoms with Crippen molar-refractivity contribution in [1.82, 2.24) is 0 Å². The predicted molar refractivity (Wildman–Crippen MR) is 282 cm³/mol. The molecular formula is C57H112NO8P. The quantitative estimate of drug-likeness (QED) is 0.0195. The summed E-state index contributed by atoms with van der Waals surface area (Å²) >= 11 is 0. The first-order valence-corrected chi connectivity index (χ1v) is 30.4. The lowest BCUT2D eigenvalue weighted by molar-refractivity contribution is -0.870. The van der Waals surface area contributed by atoms with Crippen molar-refractivity contribution in [3.8, 4) is 0 Å². The van der Waals surface area contributed by atoms with E-state index in [0.717, 1.165) is 38.5 Å². The van der Waals surface area contributed by atoms with Crippen LogP contribution < -0.4 is 4.89 Å². The number of hydrogen-bond donors (Lipinski definition) is 0. The summed E-state index contributed by atoms with van der Waals surface area (Å²) in [6.07, 6.45) is 56.8. The van der Waals surface area contributed by atoms with Gasteiger partial charge in [0.1, 0.15) is 19.8 Å². The van der Waals surface area contributed by atoms with E-state index in [0.29, 0.717) is 17.4 Å². The van der Waals surface area contributed by atoms with E-state index >= 15 is 0 Å². The highest BCUT2D eigenvalue weighted by Gasteiger charge is 2.22. The standard InChI is InChI=1S/C57H112NO8P/c1-6-8-10-12-14-16-18-20-22-24-26-27-28-29-30-32-33-35-37-39-41-43-45-47-49-56(59)63-53-55(54-65-67(61,62)64-52-51-58(3,4)5)66-57(60)50-48-46-44-42-40-38-36-34-31-25-23-21-19-17-15-13-11-9-7-2/h21,23,55H,6-20,22,24-54H2,1-5H3/b23-21-. The number of esters is 2. The highest BCUT2D eigenvalue weighted by molar-refractivity contribution is 7.45. The lowest BCUT2D eigenvalue weighted by atomic mass is 10.0. The number of carbonyl (C=O) groups is 2. The van der Waals surface area contributed by atoms with E-state index in [1.165, 1.54) is 218 Å². The maximum atomic E-state index is 12.8. The molecule has 0 aromatic heterocycles. The first-order valence-electron chi connectivity index (χ1n) is 28.9. The number of nitrogens with zero attached hydrogens (tertiary/aromatic N) is 1. The van der Waals surface area contributed by atoms with Crippen molar-refractivity contribution in [2.24, 2.45) is 0 Å². The van der Waals surface area contributed by atoms with Gasteiger partial charge in [-0.05, 0) is 38.5 Å². The number of phosphoric ester groups is 1. The zero-order valence-electron chi connectivity index (χ0n) is 45.1. The molecule has 10 heteroatoms. The Kier molecular flexibility index (Phi) is 48.8. The molecule has 0 radical (unpaired) electrons. The van der Waals surface area contributed by atoms with Crippen LogP contribution in [0.15, 0.2) is 12.2 Å². The number of allylic oxidation sites excluding steroid dienone is 2. The van der Waals surface area contributed by atoms with Crippen LogP contribution >= 0.6 is 7.82 Å². The molecule has 0 aromatic carbocycles. The fraction of sp³-hybridized carbons (Fsp3) is 0.930. The summed E-state index contributed by atoms with van der Waals surface area (Å²) in [6.45, 7) is 4.29. The third kappa shape index (κ3) is 53.9. The fourth-order valence-electron chi connectivity index (χ4n) is 8.54. The Labute approximate surface area is 416 Å². The lowest BCUT2D eigenvalue weighted by Gasteiger charge is -2.28. The van der Waals surface area contributed by atoms with Crippen LogP contribution in [0.4, 0.5) is 0 Å². The Balaban J connectivity index is 4.11. The number of likely N-dealkylation sites (N-methyl/N-ethyl adjacent to an activating group) is 1. The molecule has 0 saturated carbocycles. The van der Waals surface area contributed by atoms with Crippen LogP contribution in [-0.2, 0) is 32.7 Å². The van der Waals surface area contributed by atoms with Crippen molar-refractivity contribution < 1.29 is 42.1 Å². The second kappa shape index (κ2) is 49.7. The maximum Gasteiger partial charge on any atom is 0.306 e. The highest BCUT2D eigenvalue weighted by atomic mass is 31.2. The van der Waals surface area contributed by atoms with Crippen LogP contribution in [0.25, 0.3) is 0 Å². The summed E-state index contributed by atoms with van der Waals surface area (Å²) in [6, 6.07) is 0. The minimum atomic E-state index is -4.63. The smallest absolute Gasteiger partial charge is 0.306 e. The molecule has 2 atom stereocenters. The van der Waals surface area contributed by atoms with E-state index in [1.807, 2.05) is 21.1 Å². The zero-order chi connectivity index (χ0) is 49.2. The van der Waals surface area contributed by atoms with Gasteiger partial charge < -0.3 is 27.9 Å². The largest absolute Gasteiger partial charge is 0.756 e. The molecule has 0 spiro atoms. The molecule has 67 heavy (non-hydrogen) atoms. The topological polar surface area (TPSA) is 111 Å². The van der Waals surface area contributed by atoms with Crippen LogP contribution in [-0.4, -0.2) is 70.0 Å². The molecule has 0 aliphatic carbocycles. The van der Waals surface area contributed by atoms with Crippen molar-refractivity contribution in [3.05, 3.63) is 12.2 Å². The van der Waals surface area contributed by atoms with Gasteiger partial charge in [-0.2, -0.15) is 0 Å². The SMILES string of the molecule is CCCCCCCC/C=C\CCCCCCCCCCCC(=O)OC(COC(=O)CCCCCCCCCCCCCCCCCCCCCCCCCC)COP(=O)([O-])OCC[N+](C)(C)C. The Morgan fingerprint density at radius 2 is 0.761 bits per heavy atom. The third-order valence-corrected chi connectivity index (χ3v) is 14.0. The van der Waals surface area contributed by atoms with Crippen molar-refractivity contribution in [2.45, 2.75) is 296 Å². The van der Waals surface area contributed by atoms with Gasteiger partial charge >= 0.3 is 11.9 Å². The summed E-state index contributed by atoms with van der Waals surface area (Å²) in [5, 5.41) is 0. The molecule has 0 aliphatic heterocycles. The van der Waals surface area contributed by atoms with Crippen LogP contribution in [0, 0.1) is 0 Å². The number of quaternary nitrogens is 1. The zero-order valence-corrected chi connectivity index (χ0v) is 46.0. The van der Waals surface area contributed by atoms with Gasteiger partial charge in [0.25, 0.3) is 7.82 Å². The maximum absolute atomic E-state index is 12.8. The first-order chi connectivity index (χ1) is 32.5. The van der Waals surface area contributed by atoms with E-state index in [1.54, 1.807) is 0 Å². The third-order valence-electron chi connectivity index (χ3n) is 13.0. The lowest BCUT2D eigenvalue weighted by Crippen LogP contribution is -2.37. The molecular weight excluding hydrogens is 858 g/mol. The summed E-state index contributed by atoms with van der Waals surface area (Å²) in [5.74, 6) is -0.817. The summed E-state index contributed by atoms with van der Waals surface area (Å²) in [5.41, 5.74) is 0. The molecule has 0 rings (SSSR count). The van der Waals surface area contributed by atoms with Gasteiger partial charge in [0.15, 0.2) is 6.10 Å². The van der Waals surface area contributed by atoms with Gasteiger partial charge in [0.2, 0.25) is 0 Å². The molecule has 0 heterocycles. The minimum Gasteiger partial charge on any atom is -0.756 e. The second-order valence-electron chi connectivity index (χ2n) is 21.0. The Hall–Kier alpha value is -1.25. The molecule has 0 amide bonds. The molecule has 9 nitrogen and oxygen atoms in total. The highest BCUT2D eigenvalue weighted by Crippen LogP contribution is 2.38. The Morgan fingerprint density at radius 3 is 1.10 bits per heavy atom. The van der Waals surface area contributed by atoms with E-state index in [2.05, 4.69) is 26.0 Å². The van der Waals surface area contributed by atoms with Gasteiger partial charge in [-0.3, -0.25) is 14.2 Å². The molecule has 0 saturated heterocycles. The summed E-state index contributed by atoms with van der Waals surface area (Å²) in [7, 11) is 1.18. The number of phosphoric acid groups is 1. The van der Waals surface area contributed by atoms with Gasteiger partial charge in [0.05, 0.1) is 27.7 Å². The number of unbranched alkanes of at least 4 members (excludes halogenated alkanes) is 38. The molecule has 0 aliphatic rings. The van der Waals surface area contributed by atoms with Gasteiger partial charge in [-0.15, -0.1) is 0 Å². The van der Waals surface area contributed by atoms with Crippen molar-refractivity contribution in [2.75, 3.05) is 47.5 Å². The Morgan fingerprint density at radius 1 is 0.448 bits per heavy atom. The number of carbonyl (C=O) groups excluding carboxylic acids is 2. The van der Waals surface area contributed by atoms with Crippen molar-refractivity contribution in [3.63, 3.8) is 0 Å². The average Bonchev–Trinajstić information content (AvgIpc) is 3.29. The van der Waals surface area contributed by atoms with Crippen molar-refractivity contribution >= 4 is 19.8 Å². The van der Waals surface area contributed by atoms with E-state index in [9.17, 15) is 19.0 Å². The van der Waals surface area contributed by atoms with Crippen molar-refractivity contribution in [1.29, 1.82) is 0 Å². The molecule has 0 fully saturated rings. The molecule has 0 aromatic rings. The molecule has 0 bridgehead atoms. The molecule has 2 unspecified atom stereocenters. The van der Waals surface area contributed by atoms with Gasteiger partial charge in [-0.25, -0.2) is 0 Å².